The molecule has 1 saturated carbocycles. The molecule has 1 aliphatic rings. The number of carbonyl (C=O) groups excluding carboxylic acids is 1. The van der Waals surface area contributed by atoms with Gasteiger partial charge < -0.3 is 15.4 Å². The van der Waals surface area contributed by atoms with Gasteiger partial charge >= 0.3 is 5.97 Å². The molecule has 1 fully saturated rings. The molecule has 1 heterocycles. The molecule has 0 spiro atoms. The van der Waals surface area contributed by atoms with Crippen LogP contribution < -0.4 is 10.6 Å². The summed E-state index contributed by atoms with van der Waals surface area (Å²) in [5.74, 6) is 0.852. The highest BCUT2D eigenvalue weighted by atomic mass is 32.1. The lowest BCUT2D eigenvalue weighted by atomic mass is 9.86. The monoisotopic (exact) mass is 366 g/mol. The Morgan fingerprint density at radius 3 is 2.56 bits per heavy atom. The maximum absolute atomic E-state index is 11.8. The van der Waals surface area contributed by atoms with Crippen molar-refractivity contribution in [3.63, 3.8) is 0 Å². The number of hydrogen-bond acceptors (Lipinski definition) is 5. The topological polar surface area (TPSA) is 75.6 Å². The van der Waals surface area contributed by atoms with Crippen LogP contribution in [-0.4, -0.2) is 36.1 Å². The van der Waals surface area contributed by atoms with Crippen molar-refractivity contribution in [1.29, 1.82) is 0 Å². The predicted molar refractivity (Wildman–Crippen MR) is 102 cm³/mol. The van der Waals surface area contributed by atoms with E-state index in [0.717, 1.165) is 48.9 Å². The Morgan fingerprint density at radius 1 is 1.28 bits per heavy atom. The number of rotatable bonds is 6. The molecule has 0 amide bonds. The van der Waals surface area contributed by atoms with E-state index < -0.39 is 0 Å². The molecule has 0 bridgehead atoms. The van der Waals surface area contributed by atoms with Gasteiger partial charge in [0.05, 0.1) is 29.8 Å². The minimum Gasteiger partial charge on any atom is -0.466 e. The molecule has 0 aromatic carbocycles. The van der Waals surface area contributed by atoms with Gasteiger partial charge in [0.2, 0.25) is 0 Å². The van der Waals surface area contributed by atoms with Gasteiger partial charge in [-0.3, -0.25) is 4.79 Å². The van der Waals surface area contributed by atoms with Gasteiger partial charge in [-0.2, -0.15) is 0 Å². The summed E-state index contributed by atoms with van der Waals surface area (Å²) >= 11 is 1.70. The quantitative estimate of drug-likeness (QED) is 0.460. The maximum atomic E-state index is 11.8. The van der Waals surface area contributed by atoms with Crippen molar-refractivity contribution in [2.45, 2.75) is 66.0 Å². The van der Waals surface area contributed by atoms with Gasteiger partial charge in [0.25, 0.3) is 0 Å². The standard InChI is InChI=1S/C18H30N4O2S/c1-5-19-18(20-11-16-12(3)21-13(4)25-16)22-15-9-7-14(8-10-15)17(23)24-6-2/h14-15H,5-11H2,1-4H3,(H2,19,20,22). The van der Waals surface area contributed by atoms with Crippen LogP contribution in [0.15, 0.2) is 4.99 Å². The van der Waals surface area contributed by atoms with Gasteiger partial charge in [-0.05, 0) is 53.4 Å². The molecule has 2 N–H and O–H groups in total. The van der Waals surface area contributed by atoms with Gasteiger partial charge in [-0.1, -0.05) is 0 Å². The second-order valence-corrected chi connectivity index (χ2v) is 7.67. The van der Waals surface area contributed by atoms with Crippen molar-refractivity contribution < 1.29 is 9.53 Å². The minimum absolute atomic E-state index is 0.0439. The van der Waals surface area contributed by atoms with Crippen molar-refractivity contribution >= 4 is 23.3 Å². The van der Waals surface area contributed by atoms with E-state index >= 15 is 0 Å². The summed E-state index contributed by atoms with van der Waals surface area (Å²) in [5, 5.41) is 7.91. The van der Waals surface area contributed by atoms with Crippen molar-refractivity contribution in [1.82, 2.24) is 15.6 Å². The van der Waals surface area contributed by atoms with E-state index in [1.54, 1.807) is 11.3 Å². The van der Waals surface area contributed by atoms with E-state index in [9.17, 15) is 4.79 Å². The fraction of sp³-hybridized carbons (Fsp3) is 0.722. The molecule has 1 aromatic rings. The van der Waals surface area contributed by atoms with Crippen molar-refractivity contribution in [2.24, 2.45) is 10.9 Å². The number of hydrogen-bond donors (Lipinski definition) is 2. The fourth-order valence-electron chi connectivity index (χ4n) is 3.12. The van der Waals surface area contributed by atoms with Crippen molar-refractivity contribution in [3.05, 3.63) is 15.6 Å². The maximum Gasteiger partial charge on any atom is 0.308 e. The van der Waals surface area contributed by atoms with Crippen LogP contribution in [0.3, 0.4) is 0 Å². The molecule has 7 heteroatoms. The van der Waals surface area contributed by atoms with E-state index in [2.05, 4.69) is 22.5 Å². The lowest BCUT2D eigenvalue weighted by Gasteiger charge is -2.29. The summed E-state index contributed by atoms with van der Waals surface area (Å²) in [7, 11) is 0. The van der Waals surface area contributed by atoms with Crippen LogP contribution >= 0.6 is 11.3 Å². The third kappa shape index (κ3) is 5.99. The number of thiazole rings is 1. The lowest BCUT2D eigenvalue weighted by Crippen LogP contribution is -2.45. The summed E-state index contributed by atoms with van der Waals surface area (Å²) in [6.45, 7) is 9.91. The molecule has 140 valence electrons. The van der Waals surface area contributed by atoms with Crippen LogP contribution in [0.5, 0.6) is 0 Å². The number of esters is 1. The Morgan fingerprint density at radius 2 is 2.00 bits per heavy atom. The van der Waals surface area contributed by atoms with E-state index in [1.165, 1.54) is 4.88 Å². The van der Waals surface area contributed by atoms with Crippen LogP contribution in [0, 0.1) is 19.8 Å². The number of aryl methyl sites for hydroxylation is 2. The van der Waals surface area contributed by atoms with Gasteiger partial charge in [0.1, 0.15) is 0 Å². The first-order valence-corrected chi connectivity index (χ1v) is 9.99. The van der Waals surface area contributed by atoms with Crippen LogP contribution in [-0.2, 0) is 16.1 Å². The molecule has 0 saturated heterocycles. The fourth-order valence-corrected chi connectivity index (χ4v) is 3.98. The molecular formula is C18H30N4O2S. The van der Waals surface area contributed by atoms with Crippen molar-refractivity contribution in [3.8, 4) is 0 Å². The smallest absolute Gasteiger partial charge is 0.308 e. The normalized spacial score (nSPS) is 21.0. The molecule has 0 radical (unpaired) electrons. The Labute approximate surface area is 154 Å². The molecule has 6 nitrogen and oxygen atoms in total. The molecule has 0 unspecified atom stereocenters. The van der Waals surface area contributed by atoms with Crippen LogP contribution in [0.1, 0.15) is 55.1 Å². The highest BCUT2D eigenvalue weighted by Crippen LogP contribution is 2.25. The molecular weight excluding hydrogens is 336 g/mol. The number of nitrogens with one attached hydrogen (secondary N) is 2. The van der Waals surface area contributed by atoms with Crippen LogP contribution in [0.4, 0.5) is 0 Å². The summed E-state index contributed by atoms with van der Waals surface area (Å²) in [4.78, 5) is 22.2. The minimum atomic E-state index is -0.0439. The van der Waals surface area contributed by atoms with Gasteiger partial charge in [-0.15, -0.1) is 11.3 Å². The largest absolute Gasteiger partial charge is 0.466 e. The Kier molecular flexibility index (Phi) is 7.68. The second-order valence-electron chi connectivity index (χ2n) is 6.38. The van der Waals surface area contributed by atoms with E-state index in [0.29, 0.717) is 19.2 Å². The Balaban J connectivity index is 1.88. The number of guanidine groups is 1. The third-order valence-corrected chi connectivity index (χ3v) is 5.47. The van der Waals surface area contributed by atoms with E-state index in [1.807, 2.05) is 20.8 Å². The Bertz CT molecular complexity index is 592. The number of aromatic nitrogens is 1. The summed E-state index contributed by atoms with van der Waals surface area (Å²) in [5.41, 5.74) is 1.07. The van der Waals surface area contributed by atoms with E-state index in [4.69, 9.17) is 9.73 Å². The first kappa shape index (κ1) is 19.7. The average molecular weight is 367 g/mol. The summed E-state index contributed by atoms with van der Waals surface area (Å²) in [6.07, 6.45) is 3.69. The van der Waals surface area contributed by atoms with Crippen LogP contribution in [0.25, 0.3) is 0 Å². The third-order valence-electron chi connectivity index (χ3n) is 4.41. The summed E-state index contributed by atoms with van der Waals surface area (Å²) in [6, 6.07) is 0.354. The second kappa shape index (κ2) is 9.75. The number of nitrogens with zero attached hydrogens (tertiary/aromatic N) is 2. The first-order valence-electron chi connectivity index (χ1n) is 9.17. The molecule has 2 rings (SSSR count). The zero-order chi connectivity index (χ0) is 18.2. The SMILES string of the molecule is CCNC(=NCc1sc(C)nc1C)NC1CCC(C(=O)OCC)CC1. The van der Waals surface area contributed by atoms with Crippen molar-refractivity contribution in [2.75, 3.05) is 13.2 Å². The van der Waals surface area contributed by atoms with Crippen LogP contribution in [0.2, 0.25) is 0 Å². The van der Waals surface area contributed by atoms with Gasteiger partial charge in [0, 0.05) is 17.5 Å². The zero-order valence-corrected chi connectivity index (χ0v) is 16.5. The molecule has 1 aromatic heterocycles. The Hall–Kier alpha value is -1.63. The lowest BCUT2D eigenvalue weighted by molar-refractivity contribution is -0.149. The van der Waals surface area contributed by atoms with E-state index in [-0.39, 0.29) is 11.9 Å². The summed E-state index contributed by atoms with van der Waals surface area (Å²) < 4.78 is 5.14. The van der Waals surface area contributed by atoms with Gasteiger partial charge in [0.15, 0.2) is 5.96 Å². The molecule has 0 atom stereocenters. The number of aliphatic imine (C=N–C) groups is 1. The predicted octanol–water partition coefficient (Wildman–Crippen LogP) is 2.94. The number of carbonyl (C=O) groups is 1. The highest BCUT2D eigenvalue weighted by molar-refractivity contribution is 7.11. The molecule has 0 aliphatic heterocycles. The number of ether oxygens (including phenoxy) is 1. The molecule has 25 heavy (non-hydrogen) atoms. The molecule has 1 aliphatic carbocycles. The average Bonchev–Trinajstić information content (AvgIpc) is 2.91. The zero-order valence-electron chi connectivity index (χ0n) is 15.7. The van der Waals surface area contributed by atoms with Gasteiger partial charge in [-0.25, -0.2) is 9.98 Å². The first-order chi connectivity index (χ1) is 12.0. The highest BCUT2D eigenvalue weighted by Gasteiger charge is 2.27.